The summed E-state index contributed by atoms with van der Waals surface area (Å²) in [5.41, 5.74) is 4.39. The van der Waals surface area contributed by atoms with Gasteiger partial charge in [-0.2, -0.15) is 0 Å². The molecule has 1 fully saturated rings. The third-order valence-corrected chi connectivity index (χ3v) is 6.05. The topological polar surface area (TPSA) is 78.1 Å². The highest BCUT2D eigenvalue weighted by Crippen LogP contribution is 2.29. The predicted octanol–water partition coefficient (Wildman–Crippen LogP) is 4.48. The number of halogens is 1. The van der Waals surface area contributed by atoms with Gasteiger partial charge in [0.1, 0.15) is 0 Å². The van der Waals surface area contributed by atoms with E-state index in [2.05, 4.69) is 15.3 Å². The summed E-state index contributed by atoms with van der Waals surface area (Å²) >= 11 is 6.08. The van der Waals surface area contributed by atoms with E-state index in [0.717, 1.165) is 22.2 Å². The van der Waals surface area contributed by atoms with E-state index in [0.29, 0.717) is 17.3 Å². The largest absolute Gasteiger partial charge is 0.345 e. The van der Waals surface area contributed by atoms with Crippen molar-refractivity contribution in [1.82, 2.24) is 15.3 Å². The van der Waals surface area contributed by atoms with E-state index in [9.17, 15) is 9.59 Å². The minimum atomic E-state index is -0.441. The molecule has 1 aliphatic heterocycles. The number of hydrogen-bond acceptors (Lipinski definition) is 3. The van der Waals surface area contributed by atoms with E-state index in [-0.39, 0.29) is 24.3 Å². The van der Waals surface area contributed by atoms with Crippen LogP contribution in [0.2, 0.25) is 5.02 Å². The first-order chi connectivity index (χ1) is 15.6. The van der Waals surface area contributed by atoms with Gasteiger partial charge in [-0.15, -0.1) is 0 Å². The Labute approximate surface area is 190 Å². The second-order valence-electron chi connectivity index (χ2n) is 7.92. The maximum atomic E-state index is 13.3. The van der Waals surface area contributed by atoms with Gasteiger partial charge in [-0.3, -0.25) is 9.59 Å². The fraction of sp³-hybridized carbons (Fsp3) is 0.160. The molecule has 3 aromatic carbocycles. The van der Waals surface area contributed by atoms with Gasteiger partial charge in [0, 0.05) is 23.7 Å². The smallest absolute Gasteiger partial charge is 0.227 e. The Balaban J connectivity index is 1.40. The van der Waals surface area contributed by atoms with Crippen LogP contribution in [0, 0.1) is 5.92 Å². The lowest BCUT2D eigenvalue weighted by molar-refractivity contribution is -0.126. The molecule has 1 aromatic heterocycles. The van der Waals surface area contributed by atoms with Gasteiger partial charge in [-0.05, 0) is 41.5 Å². The molecule has 2 heterocycles. The van der Waals surface area contributed by atoms with Crippen molar-refractivity contribution in [3.8, 4) is 0 Å². The first-order valence-electron chi connectivity index (χ1n) is 10.4. The molecular weight excluding hydrogens is 424 g/mol. The van der Waals surface area contributed by atoms with E-state index in [1.807, 2.05) is 54.6 Å². The molecular formula is C25H21ClN4O2. The number of nitrogens with zero attached hydrogens (tertiary/aromatic N) is 2. The fourth-order valence-electron chi connectivity index (χ4n) is 4.17. The lowest BCUT2D eigenvalue weighted by Crippen LogP contribution is -2.36. The van der Waals surface area contributed by atoms with Crippen LogP contribution in [0.5, 0.6) is 0 Å². The van der Waals surface area contributed by atoms with E-state index in [1.54, 1.807) is 29.4 Å². The molecule has 5 rings (SSSR count). The minimum absolute atomic E-state index is 0.0810. The van der Waals surface area contributed by atoms with Crippen LogP contribution in [-0.2, 0) is 9.59 Å². The zero-order chi connectivity index (χ0) is 22.1. The highest BCUT2D eigenvalue weighted by molar-refractivity contribution is 6.31. The number of H-pyrrole nitrogens is 1. The molecule has 160 valence electrons. The number of imidazole rings is 1. The molecule has 0 unspecified atom stereocenters. The lowest BCUT2D eigenvalue weighted by atomic mass is 9.97. The summed E-state index contributed by atoms with van der Waals surface area (Å²) in [6, 6.07) is 22.5. The second kappa shape index (κ2) is 8.48. The van der Waals surface area contributed by atoms with E-state index in [4.69, 9.17) is 11.6 Å². The maximum Gasteiger partial charge on any atom is 0.227 e. The number of aromatic amines is 1. The van der Waals surface area contributed by atoms with Crippen LogP contribution in [0.1, 0.15) is 23.6 Å². The fourth-order valence-corrected chi connectivity index (χ4v) is 4.36. The summed E-state index contributed by atoms with van der Waals surface area (Å²) in [5.74, 6) is -0.674. The van der Waals surface area contributed by atoms with Gasteiger partial charge in [0.2, 0.25) is 11.8 Å². The van der Waals surface area contributed by atoms with E-state index < -0.39 is 5.92 Å². The molecule has 6 nitrogen and oxygen atoms in total. The van der Waals surface area contributed by atoms with Crippen molar-refractivity contribution in [2.75, 3.05) is 11.4 Å². The van der Waals surface area contributed by atoms with Gasteiger partial charge in [-0.25, -0.2) is 4.98 Å². The quantitative estimate of drug-likeness (QED) is 0.476. The van der Waals surface area contributed by atoms with Crippen molar-refractivity contribution in [3.05, 3.63) is 95.3 Å². The predicted molar refractivity (Wildman–Crippen MR) is 124 cm³/mol. The Bertz CT molecular complexity index is 1290. The zero-order valence-corrected chi connectivity index (χ0v) is 17.9. The molecule has 0 aliphatic carbocycles. The number of carbonyl (C=O) groups excluding carboxylic acids is 2. The van der Waals surface area contributed by atoms with Crippen molar-refractivity contribution < 1.29 is 9.59 Å². The molecule has 7 heteroatoms. The van der Waals surface area contributed by atoms with Crippen LogP contribution in [-0.4, -0.2) is 28.3 Å². The number of carbonyl (C=O) groups is 2. The molecule has 4 aromatic rings. The number of hydrogen-bond donors (Lipinski definition) is 2. The monoisotopic (exact) mass is 444 g/mol. The van der Waals surface area contributed by atoms with Gasteiger partial charge in [-0.1, -0.05) is 54.1 Å². The molecule has 2 atom stereocenters. The van der Waals surface area contributed by atoms with E-state index >= 15 is 0 Å². The van der Waals surface area contributed by atoms with E-state index in [1.165, 1.54) is 0 Å². The normalized spacial score (nSPS) is 17.0. The van der Waals surface area contributed by atoms with Gasteiger partial charge in [0.15, 0.2) is 0 Å². The number of aromatic nitrogens is 2. The number of amides is 2. The summed E-state index contributed by atoms with van der Waals surface area (Å²) < 4.78 is 0. The molecule has 0 bridgehead atoms. The number of fused-ring (bicyclic) bond motifs is 1. The van der Waals surface area contributed by atoms with Crippen LogP contribution in [0.25, 0.3) is 11.0 Å². The van der Waals surface area contributed by atoms with Gasteiger partial charge in [0.05, 0.1) is 29.3 Å². The van der Waals surface area contributed by atoms with Crippen molar-refractivity contribution in [2.24, 2.45) is 5.92 Å². The second-order valence-corrected chi connectivity index (χ2v) is 8.35. The summed E-state index contributed by atoms with van der Waals surface area (Å²) in [6.45, 7) is 0.325. The average Bonchev–Trinajstić information content (AvgIpc) is 3.44. The molecule has 0 spiro atoms. The van der Waals surface area contributed by atoms with Gasteiger partial charge < -0.3 is 15.2 Å². The van der Waals surface area contributed by atoms with Crippen molar-refractivity contribution in [2.45, 2.75) is 12.5 Å². The van der Waals surface area contributed by atoms with Gasteiger partial charge in [0.25, 0.3) is 0 Å². The molecule has 2 N–H and O–H groups in total. The number of rotatable bonds is 5. The molecule has 32 heavy (non-hydrogen) atoms. The van der Waals surface area contributed by atoms with Crippen LogP contribution < -0.4 is 10.2 Å². The Hall–Kier alpha value is -3.64. The molecule has 2 amide bonds. The molecule has 1 aliphatic rings. The Morgan fingerprint density at radius 1 is 1.06 bits per heavy atom. The zero-order valence-electron chi connectivity index (χ0n) is 17.2. The average molecular weight is 445 g/mol. The maximum absolute atomic E-state index is 13.3. The minimum Gasteiger partial charge on any atom is -0.345 e. The van der Waals surface area contributed by atoms with Crippen LogP contribution in [0.3, 0.4) is 0 Å². The van der Waals surface area contributed by atoms with Crippen LogP contribution >= 0.6 is 11.6 Å². The molecule has 0 saturated carbocycles. The summed E-state index contributed by atoms with van der Waals surface area (Å²) in [7, 11) is 0. The van der Waals surface area contributed by atoms with Crippen molar-refractivity contribution in [3.63, 3.8) is 0 Å². The number of benzene rings is 3. The summed E-state index contributed by atoms with van der Waals surface area (Å²) in [6.07, 6.45) is 1.82. The SMILES string of the molecule is O=C(N[C@H](c1ccccc1)c1ccc2nc[nH]c2c1)[C@@H]1CC(=O)N(c2cccc(Cl)c2)C1. The van der Waals surface area contributed by atoms with Gasteiger partial charge >= 0.3 is 0 Å². The lowest BCUT2D eigenvalue weighted by Gasteiger charge is -2.22. The van der Waals surface area contributed by atoms with Crippen molar-refractivity contribution in [1.29, 1.82) is 0 Å². The Kier molecular flexibility index (Phi) is 5.37. The third-order valence-electron chi connectivity index (χ3n) is 5.81. The van der Waals surface area contributed by atoms with Crippen molar-refractivity contribution >= 4 is 40.1 Å². The highest BCUT2D eigenvalue weighted by Gasteiger charge is 2.36. The standard InChI is InChI=1S/C25H21ClN4O2/c26-19-7-4-8-20(13-19)30-14-18(12-23(30)31)25(32)29-24(16-5-2-1-3-6-16)17-9-10-21-22(11-17)28-15-27-21/h1-11,13,15,18,24H,12,14H2,(H,27,28)(H,29,32)/t18-,24-/m1/s1. The summed E-state index contributed by atoms with van der Waals surface area (Å²) in [5, 5.41) is 3.73. The number of nitrogens with one attached hydrogen (secondary N) is 2. The Morgan fingerprint density at radius 3 is 2.72 bits per heavy atom. The third kappa shape index (κ3) is 3.97. The highest BCUT2D eigenvalue weighted by atomic mass is 35.5. The Morgan fingerprint density at radius 2 is 1.91 bits per heavy atom. The first kappa shape index (κ1) is 20.3. The van der Waals surface area contributed by atoms with Crippen LogP contribution in [0.15, 0.2) is 79.1 Å². The molecule has 0 radical (unpaired) electrons. The number of anilines is 1. The van der Waals surface area contributed by atoms with Crippen LogP contribution in [0.4, 0.5) is 5.69 Å². The molecule has 1 saturated heterocycles. The first-order valence-corrected chi connectivity index (χ1v) is 10.8. The summed E-state index contributed by atoms with van der Waals surface area (Å²) in [4.78, 5) is 34.9.